The molecule has 18 heavy (non-hydrogen) atoms. The van der Waals surface area contributed by atoms with Crippen molar-refractivity contribution in [2.45, 2.75) is 39.4 Å². The van der Waals surface area contributed by atoms with Crippen molar-refractivity contribution < 1.29 is 4.42 Å². The molecule has 2 heterocycles. The second-order valence-corrected chi connectivity index (χ2v) is 5.97. The van der Waals surface area contributed by atoms with Crippen LogP contribution >= 0.6 is 0 Å². The van der Waals surface area contributed by atoms with Gasteiger partial charge < -0.3 is 10.2 Å². The Morgan fingerprint density at radius 3 is 2.67 bits per heavy atom. The molecule has 1 aromatic heterocycles. The number of likely N-dealkylation sites (N-methyl/N-ethyl adjacent to an activating group) is 1. The average Bonchev–Trinajstić information content (AvgIpc) is 2.64. The quantitative estimate of drug-likeness (QED) is 0.886. The number of rotatable bonds is 3. The molecule has 4 nitrogen and oxygen atoms in total. The van der Waals surface area contributed by atoms with Gasteiger partial charge in [0.2, 0.25) is 0 Å². The first kappa shape index (κ1) is 13.6. The van der Waals surface area contributed by atoms with E-state index in [0.29, 0.717) is 6.54 Å². The Hall–Kier alpha value is -0.840. The van der Waals surface area contributed by atoms with Crippen molar-refractivity contribution in [3.63, 3.8) is 0 Å². The lowest BCUT2D eigenvalue weighted by Gasteiger charge is -2.45. The molecule has 0 aromatic carbocycles. The number of hydrogen-bond acceptors (Lipinski definition) is 4. The molecule has 0 saturated carbocycles. The van der Waals surface area contributed by atoms with Crippen LogP contribution in [-0.2, 0) is 13.1 Å². The summed E-state index contributed by atoms with van der Waals surface area (Å²) >= 11 is 0. The normalized spacial score (nSPS) is 21.4. The SMILES string of the molecule is Cc1cc(CN2CCN(C)C(C)(C)C2)oc1CN. The second-order valence-electron chi connectivity index (χ2n) is 5.97. The number of aryl methyl sites for hydroxylation is 1. The van der Waals surface area contributed by atoms with Crippen molar-refractivity contribution >= 4 is 0 Å². The zero-order valence-corrected chi connectivity index (χ0v) is 12.0. The van der Waals surface area contributed by atoms with Gasteiger partial charge in [-0.25, -0.2) is 0 Å². The van der Waals surface area contributed by atoms with E-state index in [2.05, 4.69) is 43.7 Å². The molecule has 102 valence electrons. The Balaban J connectivity index is 2.01. The summed E-state index contributed by atoms with van der Waals surface area (Å²) in [5.41, 5.74) is 7.04. The zero-order chi connectivity index (χ0) is 13.3. The highest BCUT2D eigenvalue weighted by Gasteiger charge is 2.31. The Labute approximate surface area is 110 Å². The predicted octanol–water partition coefficient (Wildman–Crippen LogP) is 1.57. The molecule has 1 aliphatic rings. The van der Waals surface area contributed by atoms with E-state index in [1.807, 2.05) is 0 Å². The Bertz CT molecular complexity index is 411. The molecule has 0 atom stereocenters. The molecule has 1 fully saturated rings. The van der Waals surface area contributed by atoms with Crippen molar-refractivity contribution in [1.82, 2.24) is 9.80 Å². The molecule has 0 aliphatic carbocycles. The smallest absolute Gasteiger partial charge is 0.120 e. The summed E-state index contributed by atoms with van der Waals surface area (Å²) in [6.07, 6.45) is 0. The highest BCUT2D eigenvalue weighted by molar-refractivity contribution is 5.19. The maximum atomic E-state index is 5.78. The van der Waals surface area contributed by atoms with Crippen molar-refractivity contribution in [3.05, 3.63) is 23.2 Å². The molecule has 2 rings (SSSR count). The minimum absolute atomic E-state index is 0.233. The first-order valence-electron chi connectivity index (χ1n) is 6.64. The Kier molecular flexibility index (Phi) is 3.80. The first-order chi connectivity index (χ1) is 8.42. The van der Waals surface area contributed by atoms with Crippen molar-refractivity contribution in [1.29, 1.82) is 0 Å². The van der Waals surface area contributed by atoms with E-state index in [1.54, 1.807) is 0 Å². The van der Waals surface area contributed by atoms with Gasteiger partial charge in [0.25, 0.3) is 0 Å². The summed E-state index contributed by atoms with van der Waals surface area (Å²) in [5, 5.41) is 0. The number of furan rings is 1. The molecule has 1 aromatic rings. The van der Waals surface area contributed by atoms with E-state index < -0.39 is 0 Å². The highest BCUT2D eigenvalue weighted by atomic mass is 16.3. The van der Waals surface area contributed by atoms with Crippen molar-refractivity contribution in [2.24, 2.45) is 5.73 Å². The molecule has 1 aliphatic heterocycles. The largest absolute Gasteiger partial charge is 0.463 e. The van der Waals surface area contributed by atoms with E-state index in [-0.39, 0.29) is 5.54 Å². The fourth-order valence-corrected chi connectivity index (χ4v) is 2.57. The summed E-state index contributed by atoms with van der Waals surface area (Å²) in [4.78, 5) is 4.88. The highest BCUT2D eigenvalue weighted by Crippen LogP contribution is 2.22. The lowest BCUT2D eigenvalue weighted by molar-refractivity contribution is 0.0327. The molecule has 2 N–H and O–H groups in total. The van der Waals surface area contributed by atoms with Gasteiger partial charge in [0.05, 0.1) is 13.1 Å². The molecule has 4 heteroatoms. The average molecular weight is 251 g/mol. The minimum atomic E-state index is 0.233. The summed E-state index contributed by atoms with van der Waals surface area (Å²) in [5.74, 6) is 1.95. The summed E-state index contributed by atoms with van der Waals surface area (Å²) in [7, 11) is 2.20. The van der Waals surface area contributed by atoms with Crippen molar-refractivity contribution in [3.8, 4) is 0 Å². The molecule has 0 radical (unpaired) electrons. The van der Waals surface area contributed by atoms with Gasteiger partial charge in [0.1, 0.15) is 11.5 Å². The van der Waals surface area contributed by atoms with Gasteiger partial charge >= 0.3 is 0 Å². The fourth-order valence-electron chi connectivity index (χ4n) is 2.57. The summed E-state index contributed by atoms with van der Waals surface area (Å²) in [6.45, 7) is 11.3. The minimum Gasteiger partial charge on any atom is -0.463 e. The molecule has 0 unspecified atom stereocenters. The van der Waals surface area contributed by atoms with Crippen LogP contribution in [0.2, 0.25) is 0 Å². The van der Waals surface area contributed by atoms with Gasteiger partial charge in [-0.15, -0.1) is 0 Å². The van der Waals surface area contributed by atoms with Crippen LogP contribution in [0.4, 0.5) is 0 Å². The van der Waals surface area contributed by atoms with Gasteiger partial charge in [-0.05, 0) is 39.4 Å². The maximum absolute atomic E-state index is 5.78. The van der Waals surface area contributed by atoms with Crippen LogP contribution in [0.1, 0.15) is 30.9 Å². The van der Waals surface area contributed by atoms with E-state index in [0.717, 1.165) is 37.7 Å². The van der Waals surface area contributed by atoms with Gasteiger partial charge in [-0.3, -0.25) is 9.80 Å². The van der Waals surface area contributed by atoms with E-state index in [9.17, 15) is 0 Å². The number of nitrogens with two attached hydrogens (primary N) is 1. The first-order valence-corrected chi connectivity index (χ1v) is 6.64. The third-order valence-corrected chi connectivity index (χ3v) is 4.03. The zero-order valence-electron chi connectivity index (χ0n) is 12.0. The third kappa shape index (κ3) is 2.76. The van der Waals surface area contributed by atoms with Crippen LogP contribution in [0.15, 0.2) is 10.5 Å². The Morgan fingerprint density at radius 1 is 1.39 bits per heavy atom. The number of piperazine rings is 1. The van der Waals surface area contributed by atoms with Crippen molar-refractivity contribution in [2.75, 3.05) is 26.7 Å². The lowest BCUT2D eigenvalue weighted by Crippen LogP contribution is -2.57. The molecular formula is C14H25N3O. The van der Waals surface area contributed by atoms with Crippen LogP contribution in [-0.4, -0.2) is 42.0 Å². The van der Waals surface area contributed by atoms with Crippen LogP contribution in [0.3, 0.4) is 0 Å². The predicted molar refractivity (Wildman–Crippen MR) is 73.3 cm³/mol. The maximum Gasteiger partial charge on any atom is 0.120 e. The van der Waals surface area contributed by atoms with Gasteiger partial charge in [-0.1, -0.05) is 0 Å². The number of hydrogen-bond donors (Lipinski definition) is 1. The second kappa shape index (κ2) is 5.03. The van der Waals surface area contributed by atoms with E-state index in [1.165, 1.54) is 5.56 Å². The molecule has 0 bridgehead atoms. The van der Waals surface area contributed by atoms with Crippen LogP contribution < -0.4 is 5.73 Å². The molecule has 0 spiro atoms. The monoisotopic (exact) mass is 251 g/mol. The van der Waals surface area contributed by atoms with Gasteiger partial charge in [0.15, 0.2) is 0 Å². The van der Waals surface area contributed by atoms with Crippen LogP contribution in [0.5, 0.6) is 0 Å². The standard InChI is InChI=1S/C14H25N3O/c1-11-7-12(18-13(11)8-15)9-17-6-5-16(4)14(2,3)10-17/h7H,5-6,8-10,15H2,1-4H3. The molecule has 0 amide bonds. The molecular weight excluding hydrogens is 226 g/mol. The fraction of sp³-hybridized carbons (Fsp3) is 0.714. The van der Waals surface area contributed by atoms with Crippen LogP contribution in [0.25, 0.3) is 0 Å². The molecule has 1 saturated heterocycles. The Morgan fingerprint density at radius 2 is 2.11 bits per heavy atom. The topological polar surface area (TPSA) is 45.6 Å². The van der Waals surface area contributed by atoms with Crippen LogP contribution in [0, 0.1) is 6.92 Å². The lowest BCUT2D eigenvalue weighted by atomic mass is 10.00. The summed E-state index contributed by atoms with van der Waals surface area (Å²) < 4.78 is 5.78. The van der Waals surface area contributed by atoms with Gasteiger partial charge in [-0.2, -0.15) is 0 Å². The summed E-state index contributed by atoms with van der Waals surface area (Å²) in [6, 6.07) is 2.12. The third-order valence-electron chi connectivity index (χ3n) is 4.03. The number of nitrogens with zero attached hydrogens (tertiary/aromatic N) is 2. The van der Waals surface area contributed by atoms with E-state index in [4.69, 9.17) is 10.2 Å². The van der Waals surface area contributed by atoms with Gasteiger partial charge in [0, 0.05) is 25.2 Å². The van der Waals surface area contributed by atoms with E-state index >= 15 is 0 Å².